The maximum Gasteiger partial charge on any atom is 1.00 e. The molecular formula is C8H17NaO5S. The first-order valence-corrected chi connectivity index (χ1v) is 5.76. The van der Waals surface area contributed by atoms with Gasteiger partial charge in [-0.25, -0.2) is 0 Å². The predicted molar refractivity (Wildman–Crippen MR) is 52.3 cm³/mol. The van der Waals surface area contributed by atoms with Gasteiger partial charge < -0.3 is 10.2 Å². The van der Waals surface area contributed by atoms with E-state index in [9.17, 15) is 18.6 Å². The molecule has 0 fully saturated rings. The summed E-state index contributed by atoms with van der Waals surface area (Å²) in [7, 11) is -4.21. The van der Waals surface area contributed by atoms with Gasteiger partial charge in [0.2, 0.25) is 0 Å². The van der Waals surface area contributed by atoms with E-state index in [4.69, 9.17) is 4.55 Å². The van der Waals surface area contributed by atoms with Crippen LogP contribution in [0, 0.1) is 6.42 Å². The van der Waals surface area contributed by atoms with Crippen molar-refractivity contribution in [1.82, 2.24) is 0 Å². The van der Waals surface area contributed by atoms with Gasteiger partial charge in [-0.2, -0.15) is 8.42 Å². The van der Waals surface area contributed by atoms with Crippen LogP contribution in [0.5, 0.6) is 0 Å². The molecule has 0 amide bonds. The first kappa shape index (κ1) is 18.2. The largest absolute Gasteiger partial charge is 1.00 e. The van der Waals surface area contributed by atoms with Crippen LogP contribution in [0.1, 0.15) is 27.2 Å². The van der Waals surface area contributed by atoms with Crippen LogP contribution >= 0.6 is 0 Å². The third kappa shape index (κ3) is 12.8. The molecule has 0 aliphatic rings. The first-order valence-electron chi connectivity index (χ1n) is 4.16. The van der Waals surface area contributed by atoms with E-state index in [1.54, 1.807) is 0 Å². The Kier molecular flexibility index (Phi) is 7.22. The third-order valence-corrected chi connectivity index (χ3v) is 2.47. The second-order valence-corrected chi connectivity index (χ2v) is 5.76. The molecule has 3 N–H and O–H groups in total. The predicted octanol–water partition coefficient (Wildman–Crippen LogP) is -3.01. The van der Waals surface area contributed by atoms with Crippen molar-refractivity contribution in [2.24, 2.45) is 0 Å². The Morgan fingerprint density at radius 3 is 1.87 bits per heavy atom. The summed E-state index contributed by atoms with van der Waals surface area (Å²) in [6.45, 7) is 4.33. The standard InChI is InChI=1S/C8H17O5S.Na/c1-7(2,9)4-5-8(3,10)6-14(11,12)13;/h5,9-10H,4,6H2,1-3H3,(H,11,12,13);/q-1;+1. The summed E-state index contributed by atoms with van der Waals surface area (Å²) < 4.78 is 29.5. The van der Waals surface area contributed by atoms with E-state index >= 15 is 0 Å². The van der Waals surface area contributed by atoms with Crippen LogP contribution in [0.3, 0.4) is 0 Å². The van der Waals surface area contributed by atoms with Crippen molar-refractivity contribution in [2.75, 3.05) is 5.75 Å². The minimum absolute atomic E-state index is 0. The van der Waals surface area contributed by atoms with Gasteiger partial charge in [-0.05, 0) is 19.4 Å². The molecule has 0 aliphatic heterocycles. The summed E-state index contributed by atoms with van der Waals surface area (Å²) in [5.41, 5.74) is -2.64. The summed E-state index contributed by atoms with van der Waals surface area (Å²) in [6, 6.07) is 0. The molecule has 0 bridgehead atoms. The molecule has 0 spiro atoms. The summed E-state index contributed by atoms with van der Waals surface area (Å²) in [4.78, 5) is 0. The Morgan fingerprint density at radius 1 is 1.20 bits per heavy atom. The Hall–Kier alpha value is 0.830. The smallest absolute Gasteiger partial charge is 0.421 e. The first-order chi connectivity index (χ1) is 5.91. The van der Waals surface area contributed by atoms with E-state index < -0.39 is 27.1 Å². The van der Waals surface area contributed by atoms with Gasteiger partial charge in [-0.15, -0.1) is 6.42 Å². The average Bonchev–Trinajstić information content (AvgIpc) is 1.76. The van der Waals surface area contributed by atoms with E-state index in [1.165, 1.54) is 27.2 Å². The fraction of sp³-hybridized carbons (Fsp3) is 0.875. The monoisotopic (exact) mass is 248 g/mol. The Labute approximate surface area is 113 Å². The van der Waals surface area contributed by atoms with Crippen molar-refractivity contribution >= 4 is 10.1 Å². The normalized spacial score (nSPS) is 16.7. The van der Waals surface area contributed by atoms with Gasteiger partial charge in [0.15, 0.2) is 0 Å². The Bertz CT molecular complexity index is 278. The fourth-order valence-corrected chi connectivity index (χ4v) is 1.75. The van der Waals surface area contributed by atoms with Crippen LogP contribution in [0.25, 0.3) is 0 Å². The molecule has 86 valence electrons. The van der Waals surface area contributed by atoms with Crippen LogP contribution < -0.4 is 29.6 Å². The van der Waals surface area contributed by atoms with E-state index in [0.717, 1.165) is 0 Å². The average molecular weight is 248 g/mol. The molecule has 0 aromatic carbocycles. The Morgan fingerprint density at radius 2 is 1.60 bits per heavy atom. The van der Waals surface area contributed by atoms with Crippen LogP contribution in [0.4, 0.5) is 0 Å². The zero-order chi connectivity index (χ0) is 11.6. The number of aliphatic hydroxyl groups is 2. The number of rotatable bonds is 5. The van der Waals surface area contributed by atoms with Crippen molar-refractivity contribution in [1.29, 1.82) is 0 Å². The molecule has 5 nitrogen and oxygen atoms in total. The van der Waals surface area contributed by atoms with Crippen molar-refractivity contribution in [3.8, 4) is 0 Å². The number of hydrogen-bond acceptors (Lipinski definition) is 4. The second-order valence-electron chi connectivity index (χ2n) is 4.30. The maximum absolute atomic E-state index is 10.5. The van der Waals surface area contributed by atoms with Gasteiger partial charge in [0.05, 0.1) is 5.75 Å². The second kappa shape index (κ2) is 5.95. The van der Waals surface area contributed by atoms with Crippen molar-refractivity contribution < 1.29 is 52.7 Å². The van der Waals surface area contributed by atoms with Crippen LogP contribution in [-0.2, 0) is 10.1 Å². The molecule has 0 saturated carbocycles. The molecule has 0 saturated heterocycles. The summed E-state index contributed by atoms with van der Waals surface area (Å²) >= 11 is 0. The van der Waals surface area contributed by atoms with Gasteiger partial charge in [0.1, 0.15) is 0 Å². The Balaban J connectivity index is 0. The van der Waals surface area contributed by atoms with Crippen molar-refractivity contribution in [2.45, 2.75) is 38.4 Å². The minimum atomic E-state index is -4.21. The molecule has 15 heavy (non-hydrogen) atoms. The molecule has 0 aromatic rings. The van der Waals surface area contributed by atoms with Crippen molar-refractivity contribution in [3.63, 3.8) is 0 Å². The van der Waals surface area contributed by atoms with E-state index in [1.807, 2.05) is 0 Å². The fourth-order valence-electron chi connectivity index (χ4n) is 0.898. The number of hydrogen-bond donors (Lipinski definition) is 3. The molecule has 1 unspecified atom stereocenters. The molecule has 7 heteroatoms. The molecule has 1 atom stereocenters. The zero-order valence-electron chi connectivity index (χ0n) is 9.56. The van der Waals surface area contributed by atoms with Crippen LogP contribution in [0.15, 0.2) is 0 Å². The van der Waals surface area contributed by atoms with Gasteiger partial charge >= 0.3 is 29.6 Å². The summed E-state index contributed by atoms with van der Waals surface area (Å²) in [5.74, 6) is -0.768. The van der Waals surface area contributed by atoms with Crippen molar-refractivity contribution in [3.05, 3.63) is 6.42 Å². The quantitative estimate of drug-likeness (QED) is 0.274. The van der Waals surface area contributed by atoms with Crippen LogP contribution in [-0.4, -0.2) is 40.1 Å². The van der Waals surface area contributed by atoms with Gasteiger partial charge in [0, 0.05) is 5.60 Å². The molecule has 0 aliphatic carbocycles. The third-order valence-electron chi connectivity index (χ3n) is 1.52. The zero-order valence-corrected chi connectivity index (χ0v) is 12.4. The van der Waals surface area contributed by atoms with Gasteiger partial charge in [-0.1, -0.05) is 6.92 Å². The topological polar surface area (TPSA) is 94.8 Å². The van der Waals surface area contributed by atoms with E-state index in [-0.39, 0.29) is 36.0 Å². The van der Waals surface area contributed by atoms with E-state index in [2.05, 4.69) is 0 Å². The maximum atomic E-state index is 10.5. The SMILES string of the molecule is CC(C)(O)C[CH-]C(C)(O)CS(=O)(=O)O.[Na+]. The molecule has 0 radical (unpaired) electrons. The van der Waals surface area contributed by atoms with Gasteiger partial charge in [0.25, 0.3) is 10.1 Å². The molecule has 0 heterocycles. The minimum Gasteiger partial charge on any atom is -0.421 e. The summed E-state index contributed by atoms with van der Waals surface area (Å²) in [5, 5.41) is 18.8. The molecule has 0 aromatic heterocycles. The van der Waals surface area contributed by atoms with Crippen LogP contribution in [0.2, 0.25) is 0 Å². The molecule has 0 rings (SSSR count). The van der Waals surface area contributed by atoms with Gasteiger partial charge in [-0.3, -0.25) is 11.0 Å². The molecular weight excluding hydrogens is 231 g/mol. The van der Waals surface area contributed by atoms with E-state index in [0.29, 0.717) is 0 Å². The summed E-state index contributed by atoms with van der Waals surface area (Å²) in [6.07, 6.45) is 1.40.